The molecule has 0 rings (SSSR count). The van der Waals surface area contributed by atoms with Crippen LogP contribution >= 0.6 is 31.9 Å². The van der Waals surface area contributed by atoms with Crippen molar-refractivity contribution in [3.63, 3.8) is 0 Å². The van der Waals surface area contributed by atoms with Gasteiger partial charge in [0.15, 0.2) is 0 Å². The van der Waals surface area contributed by atoms with E-state index in [2.05, 4.69) is 31.9 Å². The van der Waals surface area contributed by atoms with Gasteiger partial charge in [0.25, 0.3) is 0 Å². The van der Waals surface area contributed by atoms with Crippen LogP contribution in [0.4, 0.5) is 0 Å². The third-order valence-corrected chi connectivity index (χ3v) is 1.05. The number of hydrogen-bond donors (Lipinski definition) is 0. The van der Waals surface area contributed by atoms with Crippen LogP contribution in [0.3, 0.4) is 0 Å². The summed E-state index contributed by atoms with van der Waals surface area (Å²) in [5.74, 6) is 0. The second-order valence-electron chi connectivity index (χ2n) is 1.27. The molecule has 10 heavy (non-hydrogen) atoms. The number of halogens is 2. The molecule has 0 atom stereocenters. The first kappa shape index (κ1) is 10.0. The topological polar surface area (TPSA) is 18.5 Å². The van der Waals surface area contributed by atoms with Crippen LogP contribution in [0.5, 0.6) is 0 Å². The van der Waals surface area contributed by atoms with E-state index in [1.807, 2.05) is 0 Å². The fourth-order valence-electron chi connectivity index (χ4n) is 0.305. The molecule has 0 unspecified atom stereocenters. The highest BCUT2D eigenvalue weighted by Gasteiger charge is 1.79. The Kier molecular flexibility index (Phi) is 9.08. The molecule has 0 aliphatic carbocycles. The first-order valence-corrected chi connectivity index (χ1v) is 4.48. The smallest absolute Gasteiger partial charge is 0.121 e. The molecule has 0 aliphatic heterocycles. The summed E-state index contributed by atoms with van der Waals surface area (Å²) >= 11 is 6.13. The number of rotatable bonds is 5. The third-order valence-electron chi connectivity index (χ3n) is 0.614. The first-order chi connectivity index (χ1) is 4.91. The highest BCUT2D eigenvalue weighted by Crippen LogP contribution is 1.87. The lowest BCUT2D eigenvalue weighted by Crippen LogP contribution is -1.95. The lowest BCUT2D eigenvalue weighted by molar-refractivity contribution is 0.150. The Morgan fingerprint density at radius 3 is 1.60 bits per heavy atom. The van der Waals surface area contributed by atoms with E-state index < -0.39 is 0 Å². The molecular formula is C6H8Br2O2. The van der Waals surface area contributed by atoms with Gasteiger partial charge in [-0.15, -0.1) is 0 Å². The van der Waals surface area contributed by atoms with Gasteiger partial charge in [0.1, 0.15) is 13.2 Å². The predicted octanol–water partition coefficient (Wildman–Crippen LogP) is 2.75. The summed E-state index contributed by atoms with van der Waals surface area (Å²) in [7, 11) is 0. The molecule has 0 heterocycles. The van der Waals surface area contributed by atoms with Crippen LogP contribution in [-0.4, -0.2) is 13.2 Å². The van der Waals surface area contributed by atoms with Crippen LogP contribution < -0.4 is 0 Å². The average molecular weight is 272 g/mol. The quantitative estimate of drug-likeness (QED) is 0.566. The molecule has 58 valence electrons. The lowest BCUT2D eigenvalue weighted by Gasteiger charge is -1.98. The van der Waals surface area contributed by atoms with Crippen LogP contribution in [0.15, 0.2) is 22.5 Å². The molecular weight excluding hydrogens is 264 g/mol. The highest BCUT2D eigenvalue weighted by atomic mass is 79.9. The maximum absolute atomic E-state index is 4.93. The molecule has 0 fully saturated rings. The summed E-state index contributed by atoms with van der Waals surface area (Å²) in [6.45, 7) is 1.11. The fraction of sp³-hybridized carbons (Fsp3) is 0.333. The number of hydrogen-bond acceptors (Lipinski definition) is 2. The zero-order chi connectivity index (χ0) is 7.66. The van der Waals surface area contributed by atoms with Gasteiger partial charge in [-0.25, -0.2) is 0 Å². The normalized spacial score (nSPS) is 11.0. The summed E-state index contributed by atoms with van der Waals surface area (Å²) < 4.78 is 9.86. The molecule has 0 aliphatic rings. The van der Waals surface area contributed by atoms with Gasteiger partial charge in [-0.3, -0.25) is 0 Å². The third kappa shape index (κ3) is 8.04. The minimum Gasteiger partial charge on any atom is -0.497 e. The minimum atomic E-state index is 0.555. The van der Waals surface area contributed by atoms with Gasteiger partial charge in [-0.2, -0.15) is 0 Å². The van der Waals surface area contributed by atoms with Crippen molar-refractivity contribution in [3.8, 4) is 0 Å². The first-order valence-electron chi connectivity index (χ1n) is 2.65. The van der Waals surface area contributed by atoms with Gasteiger partial charge in [-0.05, 0) is 0 Å². The van der Waals surface area contributed by atoms with Crippen molar-refractivity contribution in [2.24, 2.45) is 0 Å². The van der Waals surface area contributed by atoms with Gasteiger partial charge >= 0.3 is 0 Å². The number of ether oxygens (including phenoxy) is 2. The lowest BCUT2D eigenvalue weighted by atomic mass is 10.8. The van der Waals surface area contributed by atoms with Gasteiger partial charge in [0.05, 0.1) is 12.5 Å². The van der Waals surface area contributed by atoms with Crippen LogP contribution in [-0.2, 0) is 9.47 Å². The molecule has 0 aromatic rings. The van der Waals surface area contributed by atoms with Crippen molar-refractivity contribution in [3.05, 3.63) is 22.5 Å². The van der Waals surface area contributed by atoms with Gasteiger partial charge in [0.2, 0.25) is 0 Å². The standard InChI is InChI=1S/C6H8Br2O2/c7-1-3-9-5-6-10-4-2-8/h1-4H,5-6H2. The van der Waals surface area contributed by atoms with Gasteiger partial charge in [-0.1, -0.05) is 31.9 Å². The van der Waals surface area contributed by atoms with E-state index in [0.717, 1.165) is 0 Å². The second-order valence-corrected chi connectivity index (χ2v) is 2.32. The maximum Gasteiger partial charge on any atom is 0.121 e. The summed E-state index contributed by atoms with van der Waals surface area (Å²) in [4.78, 5) is 3.29. The van der Waals surface area contributed by atoms with Crippen molar-refractivity contribution in [2.45, 2.75) is 0 Å². The summed E-state index contributed by atoms with van der Waals surface area (Å²) in [5.41, 5.74) is 0. The molecule has 2 nitrogen and oxygen atoms in total. The molecule has 0 N–H and O–H groups in total. The Hall–Kier alpha value is 0.0400. The summed E-state index contributed by atoms with van der Waals surface area (Å²) in [5, 5.41) is 0. The Balaban J connectivity index is 2.90. The van der Waals surface area contributed by atoms with E-state index in [-0.39, 0.29) is 0 Å². The molecule has 0 radical (unpaired) electrons. The van der Waals surface area contributed by atoms with E-state index in [1.54, 1.807) is 22.5 Å². The summed E-state index contributed by atoms with van der Waals surface area (Å²) in [6, 6.07) is 0. The van der Waals surface area contributed by atoms with Gasteiger partial charge in [0, 0.05) is 9.97 Å². The molecule has 0 saturated heterocycles. The van der Waals surface area contributed by atoms with Crippen molar-refractivity contribution in [1.82, 2.24) is 0 Å². The van der Waals surface area contributed by atoms with E-state index >= 15 is 0 Å². The van der Waals surface area contributed by atoms with Crippen LogP contribution in [0, 0.1) is 0 Å². The molecule has 0 spiro atoms. The van der Waals surface area contributed by atoms with E-state index in [1.165, 1.54) is 0 Å². The monoisotopic (exact) mass is 270 g/mol. The van der Waals surface area contributed by atoms with Crippen LogP contribution in [0.2, 0.25) is 0 Å². The molecule has 0 aromatic heterocycles. The average Bonchev–Trinajstić information content (AvgIpc) is 1.97. The second kappa shape index (κ2) is 9.04. The largest absolute Gasteiger partial charge is 0.497 e. The Morgan fingerprint density at radius 2 is 1.30 bits per heavy atom. The zero-order valence-electron chi connectivity index (χ0n) is 5.30. The van der Waals surface area contributed by atoms with Crippen molar-refractivity contribution in [2.75, 3.05) is 13.2 Å². The van der Waals surface area contributed by atoms with E-state index in [9.17, 15) is 0 Å². The Labute approximate surface area is 77.1 Å². The van der Waals surface area contributed by atoms with E-state index in [4.69, 9.17) is 9.47 Å². The maximum atomic E-state index is 4.93. The SMILES string of the molecule is BrC=COCCOC=CBr. The molecule has 0 amide bonds. The minimum absolute atomic E-state index is 0.555. The zero-order valence-corrected chi connectivity index (χ0v) is 8.47. The summed E-state index contributed by atoms with van der Waals surface area (Å²) in [6.07, 6.45) is 3.11. The predicted molar refractivity (Wildman–Crippen MR) is 48.0 cm³/mol. The molecule has 0 bridgehead atoms. The molecule has 0 aromatic carbocycles. The van der Waals surface area contributed by atoms with Crippen molar-refractivity contribution in [1.29, 1.82) is 0 Å². The molecule has 0 saturated carbocycles. The Morgan fingerprint density at radius 1 is 0.900 bits per heavy atom. The van der Waals surface area contributed by atoms with Crippen molar-refractivity contribution >= 4 is 31.9 Å². The van der Waals surface area contributed by atoms with Crippen LogP contribution in [0.25, 0.3) is 0 Å². The molecule has 4 heteroatoms. The Bertz CT molecular complexity index is 98.3. The highest BCUT2D eigenvalue weighted by molar-refractivity contribution is 9.11. The fourth-order valence-corrected chi connectivity index (χ4v) is 0.610. The van der Waals surface area contributed by atoms with Gasteiger partial charge < -0.3 is 9.47 Å². The van der Waals surface area contributed by atoms with Crippen molar-refractivity contribution < 1.29 is 9.47 Å². The van der Waals surface area contributed by atoms with E-state index in [0.29, 0.717) is 13.2 Å². The van der Waals surface area contributed by atoms with Crippen LogP contribution in [0.1, 0.15) is 0 Å².